The monoisotopic (exact) mass is 500 g/mol. The van der Waals surface area contributed by atoms with Gasteiger partial charge in [0.25, 0.3) is 5.91 Å². The van der Waals surface area contributed by atoms with Gasteiger partial charge in [-0.05, 0) is 30.3 Å². The van der Waals surface area contributed by atoms with Crippen LogP contribution >= 0.6 is 23.2 Å². The van der Waals surface area contributed by atoms with Crippen molar-refractivity contribution < 1.29 is 23.8 Å². The zero-order valence-corrected chi connectivity index (χ0v) is 18.9. The fourth-order valence-corrected chi connectivity index (χ4v) is 4.36. The second-order valence-electron chi connectivity index (χ2n) is 7.49. The number of hydrogen-bond acceptors (Lipinski definition) is 5. The Hall–Kier alpha value is -3.66. The molecule has 11 heteroatoms. The Labute approximate surface area is 201 Å². The van der Waals surface area contributed by atoms with Gasteiger partial charge in [0, 0.05) is 16.7 Å². The van der Waals surface area contributed by atoms with Crippen LogP contribution in [0.25, 0.3) is 11.0 Å². The van der Waals surface area contributed by atoms with Gasteiger partial charge in [-0.1, -0.05) is 47.5 Å². The number of anilines is 2. The number of aromatic amines is 1. The third-order valence-electron chi connectivity index (χ3n) is 5.61. The zero-order chi connectivity index (χ0) is 24.2. The summed E-state index contributed by atoms with van der Waals surface area (Å²) >= 11 is 11.9. The van der Waals surface area contributed by atoms with Gasteiger partial charge < -0.3 is 14.8 Å². The lowest BCUT2D eigenvalue weighted by molar-refractivity contribution is 0.0699. The number of carbonyl (C=O) groups excluding carboxylic acids is 2. The van der Waals surface area contributed by atoms with Crippen molar-refractivity contribution in [2.45, 2.75) is 5.72 Å². The van der Waals surface area contributed by atoms with E-state index in [-0.39, 0.29) is 38.4 Å². The van der Waals surface area contributed by atoms with Crippen molar-refractivity contribution in [3.05, 3.63) is 87.2 Å². The number of aromatic nitrogens is 2. The number of methoxy groups -OCH3 is 1. The lowest BCUT2D eigenvalue weighted by atomic mass is 9.93. The quantitative estimate of drug-likeness (QED) is 0.341. The van der Waals surface area contributed by atoms with Crippen molar-refractivity contribution in [1.82, 2.24) is 9.97 Å². The van der Waals surface area contributed by atoms with Crippen LogP contribution in [0.4, 0.5) is 20.8 Å². The number of imidazole rings is 1. The van der Waals surface area contributed by atoms with Crippen molar-refractivity contribution in [2.24, 2.45) is 0 Å². The predicted molar refractivity (Wildman–Crippen MR) is 125 cm³/mol. The van der Waals surface area contributed by atoms with Gasteiger partial charge >= 0.3 is 6.09 Å². The number of benzene rings is 3. The molecule has 172 valence electrons. The minimum atomic E-state index is -2.08. The topological polar surface area (TPSA) is 108 Å². The van der Waals surface area contributed by atoms with Crippen LogP contribution < -0.4 is 10.2 Å². The fraction of sp³-hybridized carbons (Fsp3) is 0.0870. The first-order valence-electron chi connectivity index (χ1n) is 9.91. The average molecular weight is 501 g/mol. The summed E-state index contributed by atoms with van der Waals surface area (Å²) in [7, 11) is 1.22. The number of rotatable bonds is 3. The molecule has 1 aromatic heterocycles. The largest absolute Gasteiger partial charge is 0.453 e. The van der Waals surface area contributed by atoms with Crippen LogP contribution in [0.5, 0.6) is 0 Å². The molecule has 3 aromatic carbocycles. The SMILES string of the molecule is COC(=O)Nc1nc2ccc(C3(O)c4ccccc4C(=O)N3c3ccc(Cl)c(Cl)c3F)cc2[nH]1. The zero-order valence-electron chi connectivity index (χ0n) is 17.4. The van der Waals surface area contributed by atoms with E-state index in [1.165, 1.54) is 19.2 Å². The predicted octanol–water partition coefficient (Wildman–Crippen LogP) is 5.04. The minimum absolute atomic E-state index is 0.0277. The van der Waals surface area contributed by atoms with Crippen LogP contribution in [0.15, 0.2) is 54.6 Å². The van der Waals surface area contributed by atoms with Crippen molar-refractivity contribution in [3.63, 3.8) is 0 Å². The van der Waals surface area contributed by atoms with E-state index >= 15 is 4.39 Å². The molecule has 34 heavy (non-hydrogen) atoms. The molecule has 3 N–H and O–H groups in total. The Kier molecular flexibility index (Phi) is 5.20. The molecular weight excluding hydrogens is 486 g/mol. The average Bonchev–Trinajstić information content (AvgIpc) is 3.34. The number of carbonyl (C=O) groups is 2. The summed E-state index contributed by atoms with van der Waals surface area (Å²) in [6, 6.07) is 13.8. The van der Waals surface area contributed by atoms with Crippen molar-refractivity contribution in [2.75, 3.05) is 17.3 Å². The molecule has 0 saturated carbocycles. The first kappa shape index (κ1) is 22.1. The Balaban J connectivity index is 1.71. The van der Waals surface area contributed by atoms with Gasteiger partial charge in [-0.3, -0.25) is 15.0 Å². The molecule has 5 rings (SSSR count). The molecule has 0 fully saturated rings. The Morgan fingerprint density at radius 2 is 1.97 bits per heavy atom. The molecule has 2 heterocycles. The first-order valence-corrected chi connectivity index (χ1v) is 10.7. The number of halogens is 3. The smallest absolute Gasteiger partial charge is 0.413 e. The van der Waals surface area contributed by atoms with E-state index in [0.717, 1.165) is 4.90 Å². The van der Waals surface area contributed by atoms with Crippen LogP contribution in [0.1, 0.15) is 21.5 Å². The molecule has 0 aliphatic carbocycles. The van der Waals surface area contributed by atoms with Crippen molar-refractivity contribution >= 4 is 57.9 Å². The number of nitrogens with one attached hydrogen (secondary N) is 2. The Bertz CT molecular complexity index is 1490. The molecular formula is C23H15Cl2FN4O4. The minimum Gasteiger partial charge on any atom is -0.453 e. The third kappa shape index (κ3) is 3.20. The van der Waals surface area contributed by atoms with Gasteiger partial charge in [-0.25, -0.2) is 14.2 Å². The van der Waals surface area contributed by atoms with Gasteiger partial charge in [-0.15, -0.1) is 0 Å². The maximum atomic E-state index is 15.2. The number of aliphatic hydroxyl groups is 1. The molecule has 0 radical (unpaired) electrons. The molecule has 8 nitrogen and oxygen atoms in total. The molecule has 4 aromatic rings. The number of nitrogens with zero attached hydrogens (tertiary/aromatic N) is 2. The normalized spacial score (nSPS) is 17.2. The number of fused-ring (bicyclic) bond motifs is 2. The summed E-state index contributed by atoms with van der Waals surface area (Å²) in [4.78, 5) is 33.0. The highest BCUT2D eigenvalue weighted by Crippen LogP contribution is 2.47. The molecule has 0 saturated heterocycles. The summed E-state index contributed by atoms with van der Waals surface area (Å²) in [6.07, 6.45) is -0.713. The van der Waals surface area contributed by atoms with Gasteiger partial charge in [0.15, 0.2) is 11.5 Å². The van der Waals surface area contributed by atoms with E-state index in [2.05, 4.69) is 20.0 Å². The van der Waals surface area contributed by atoms with Gasteiger partial charge in [0.05, 0.1) is 33.9 Å². The van der Waals surface area contributed by atoms with Gasteiger partial charge in [-0.2, -0.15) is 0 Å². The molecule has 1 atom stereocenters. The number of ether oxygens (including phenoxy) is 1. The van der Waals surface area contributed by atoms with E-state index in [4.69, 9.17) is 23.2 Å². The second-order valence-corrected chi connectivity index (χ2v) is 8.27. The highest BCUT2D eigenvalue weighted by Gasteiger charge is 2.51. The molecule has 1 aliphatic rings. The molecule has 1 unspecified atom stereocenters. The third-order valence-corrected chi connectivity index (χ3v) is 6.39. The number of hydrogen-bond donors (Lipinski definition) is 3. The van der Waals surface area contributed by atoms with E-state index < -0.39 is 23.5 Å². The standard InChI is InChI=1S/C23H15Cl2FN4O4/c1-34-22(32)29-21-27-15-8-6-11(10-16(15)28-21)23(33)13-5-3-2-4-12(13)20(31)30(23)17-9-7-14(24)18(25)19(17)26/h2-10,33H,1H3,(H2,27,28,29,32). The van der Waals surface area contributed by atoms with Crippen LogP contribution in [-0.2, 0) is 10.5 Å². The number of amides is 2. The first-order chi connectivity index (χ1) is 16.3. The Morgan fingerprint density at radius 3 is 2.74 bits per heavy atom. The summed E-state index contributed by atoms with van der Waals surface area (Å²) < 4.78 is 19.8. The van der Waals surface area contributed by atoms with Crippen LogP contribution in [-0.4, -0.2) is 34.2 Å². The highest BCUT2D eigenvalue weighted by atomic mass is 35.5. The lowest BCUT2D eigenvalue weighted by Gasteiger charge is -2.35. The molecule has 0 bridgehead atoms. The van der Waals surface area contributed by atoms with E-state index in [9.17, 15) is 14.7 Å². The maximum absolute atomic E-state index is 15.2. The summed E-state index contributed by atoms with van der Waals surface area (Å²) in [6.45, 7) is 0. The van der Waals surface area contributed by atoms with Gasteiger partial charge in [0.2, 0.25) is 5.95 Å². The van der Waals surface area contributed by atoms with Crippen LogP contribution in [0.3, 0.4) is 0 Å². The summed E-state index contributed by atoms with van der Waals surface area (Å²) in [5.74, 6) is -1.43. The fourth-order valence-electron chi connectivity index (χ4n) is 4.05. The second kappa shape index (κ2) is 7.98. The van der Waals surface area contributed by atoms with E-state index in [1.807, 2.05) is 0 Å². The highest BCUT2D eigenvalue weighted by molar-refractivity contribution is 6.42. The Morgan fingerprint density at radius 1 is 1.21 bits per heavy atom. The summed E-state index contributed by atoms with van der Waals surface area (Å²) in [5, 5.41) is 14.1. The lowest BCUT2D eigenvalue weighted by Crippen LogP contribution is -2.45. The van der Waals surface area contributed by atoms with Crippen LogP contribution in [0, 0.1) is 5.82 Å². The molecule has 0 spiro atoms. The van der Waals surface area contributed by atoms with Crippen LogP contribution in [0.2, 0.25) is 10.0 Å². The molecule has 1 aliphatic heterocycles. The maximum Gasteiger partial charge on any atom is 0.413 e. The van der Waals surface area contributed by atoms with E-state index in [0.29, 0.717) is 11.0 Å². The van der Waals surface area contributed by atoms with E-state index in [1.54, 1.807) is 42.5 Å². The summed E-state index contributed by atoms with van der Waals surface area (Å²) in [5.41, 5.74) is -0.688. The molecule has 2 amide bonds. The van der Waals surface area contributed by atoms with Gasteiger partial charge in [0.1, 0.15) is 0 Å². The van der Waals surface area contributed by atoms with Crippen molar-refractivity contribution in [3.8, 4) is 0 Å². The number of H-pyrrole nitrogens is 1. The van der Waals surface area contributed by atoms with Crippen molar-refractivity contribution in [1.29, 1.82) is 0 Å².